The van der Waals surface area contributed by atoms with Gasteiger partial charge >= 0.3 is 0 Å². The number of rotatable bonds is 6. The number of likely N-dealkylation sites (tertiary alicyclic amines) is 1. The summed E-state index contributed by atoms with van der Waals surface area (Å²) in [7, 11) is 0. The topological polar surface area (TPSA) is 62.2 Å². The van der Waals surface area contributed by atoms with Crippen molar-refractivity contribution in [2.45, 2.75) is 51.9 Å². The molecule has 6 nitrogen and oxygen atoms in total. The number of halogens is 1. The van der Waals surface area contributed by atoms with Crippen LogP contribution in [0.25, 0.3) is 0 Å². The molecule has 0 saturated carbocycles. The lowest BCUT2D eigenvalue weighted by Gasteiger charge is -2.49. The highest BCUT2D eigenvalue weighted by atomic mass is 35.5. The average molecular weight is 489 g/mol. The first-order chi connectivity index (χ1) is 15.9. The van der Waals surface area contributed by atoms with Gasteiger partial charge in [-0.3, -0.25) is 9.69 Å². The highest BCUT2D eigenvalue weighted by Gasteiger charge is 2.43. The molecule has 2 aromatic rings. The zero-order chi connectivity index (χ0) is 23.4. The summed E-state index contributed by atoms with van der Waals surface area (Å²) >= 11 is 0. The number of aliphatic hydroxyl groups excluding tert-OH is 1. The third kappa shape index (κ3) is 6.30. The molecule has 2 heterocycles. The molecule has 1 N–H and O–H groups in total. The summed E-state index contributed by atoms with van der Waals surface area (Å²) in [5.74, 6) is 0.978. The molecule has 1 amide bonds. The molecule has 2 aliphatic heterocycles. The Labute approximate surface area is 209 Å². The number of piperidine rings is 1. The van der Waals surface area contributed by atoms with Crippen LogP contribution in [0.3, 0.4) is 0 Å². The van der Waals surface area contributed by atoms with E-state index < -0.39 is 0 Å². The van der Waals surface area contributed by atoms with Gasteiger partial charge in [0.05, 0.1) is 11.7 Å². The van der Waals surface area contributed by atoms with E-state index >= 15 is 0 Å². The lowest BCUT2D eigenvalue weighted by molar-refractivity contribution is -0.166. The minimum Gasteiger partial charge on any atom is -0.491 e. The Morgan fingerprint density at radius 1 is 1.24 bits per heavy atom. The van der Waals surface area contributed by atoms with E-state index in [-0.39, 0.29) is 49.3 Å². The van der Waals surface area contributed by atoms with Crippen LogP contribution < -0.4 is 4.74 Å². The number of carbonyl (C=O) groups excluding carboxylic acids is 1. The van der Waals surface area contributed by atoms with Crippen LogP contribution in [0.15, 0.2) is 48.5 Å². The molecule has 1 spiro atoms. The lowest BCUT2D eigenvalue weighted by Crippen LogP contribution is -2.58. The van der Waals surface area contributed by atoms with Crippen LogP contribution in [0, 0.1) is 12.8 Å². The van der Waals surface area contributed by atoms with Gasteiger partial charge in [0, 0.05) is 38.3 Å². The van der Waals surface area contributed by atoms with Crippen LogP contribution >= 0.6 is 12.4 Å². The maximum Gasteiger partial charge on any atom is 0.255 e. The molecule has 0 aliphatic carbocycles. The minimum absolute atomic E-state index is 0. The van der Waals surface area contributed by atoms with Crippen molar-refractivity contribution in [3.05, 3.63) is 65.2 Å². The Bertz CT molecular complexity index is 945. The number of hydrogen-bond donors (Lipinski definition) is 1. The first-order valence-electron chi connectivity index (χ1n) is 12.0. The Hall–Kier alpha value is -2.12. The van der Waals surface area contributed by atoms with Crippen LogP contribution in [0.4, 0.5) is 0 Å². The number of carbonyl (C=O) groups is 1. The molecule has 186 valence electrons. The molecular weight excluding hydrogens is 452 g/mol. The third-order valence-corrected chi connectivity index (χ3v) is 6.63. The zero-order valence-corrected chi connectivity index (χ0v) is 21.2. The van der Waals surface area contributed by atoms with Crippen molar-refractivity contribution in [3.8, 4) is 5.75 Å². The molecule has 34 heavy (non-hydrogen) atoms. The van der Waals surface area contributed by atoms with Crippen molar-refractivity contribution in [2.75, 3.05) is 33.0 Å². The Morgan fingerprint density at radius 2 is 2.00 bits per heavy atom. The van der Waals surface area contributed by atoms with Crippen molar-refractivity contribution in [2.24, 2.45) is 5.92 Å². The number of aryl methyl sites for hydroxylation is 1. The number of ether oxygens (including phenoxy) is 2. The molecule has 2 atom stereocenters. The molecule has 2 aromatic carbocycles. The smallest absolute Gasteiger partial charge is 0.255 e. The van der Waals surface area contributed by atoms with E-state index in [1.807, 2.05) is 45.0 Å². The molecule has 2 unspecified atom stereocenters. The van der Waals surface area contributed by atoms with Gasteiger partial charge in [-0.25, -0.2) is 0 Å². The maximum atomic E-state index is 13.1. The molecular formula is C27H37ClN2O4. The molecule has 2 aliphatic rings. The fourth-order valence-electron chi connectivity index (χ4n) is 5.06. The number of aliphatic hydroxyl groups is 1. The van der Waals surface area contributed by atoms with Gasteiger partial charge in [-0.2, -0.15) is 0 Å². The highest BCUT2D eigenvalue weighted by molar-refractivity contribution is 5.94. The quantitative estimate of drug-likeness (QED) is 0.657. The second-order valence-corrected chi connectivity index (χ2v) is 9.83. The highest BCUT2D eigenvalue weighted by Crippen LogP contribution is 2.35. The number of amides is 1. The normalized spacial score (nSPS) is 23.1. The van der Waals surface area contributed by atoms with Crippen molar-refractivity contribution in [3.63, 3.8) is 0 Å². The molecule has 0 aromatic heterocycles. The summed E-state index contributed by atoms with van der Waals surface area (Å²) in [6.07, 6.45) is 1.70. The second-order valence-electron chi connectivity index (χ2n) is 9.83. The largest absolute Gasteiger partial charge is 0.491 e. The summed E-state index contributed by atoms with van der Waals surface area (Å²) in [6, 6.07) is 16.0. The first kappa shape index (κ1) is 26.5. The van der Waals surface area contributed by atoms with Gasteiger partial charge in [0.25, 0.3) is 5.91 Å². The zero-order valence-electron chi connectivity index (χ0n) is 20.4. The van der Waals surface area contributed by atoms with Crippen molar-refractivity contribution >= 4 is 18.3 Å². The summed E-state index contributed by atoms with van der Waals surface area (Å²) in [5, 5.41) is 9.92. The Morgan fingerprint density at radius 3 is 2.62 bits per heavy atom. The van der Waals surface area contributed by atoms with Gasteiger partial charge in [0.2, 0.25) is 0 Å². The standard InChI is InChI=1S/C27H36N2O4.ClH/c1-20(2)33-25-10-9-24(13-21(25)3)26(31)29-12-11-27(32-19-29)14-23(17-30)16-28(18-27)15-22-7-5-4-6-8-22;/h4-10,13,20,23,30H,11-12,14-19H2,1-3H3;1H. The van der Waals surface area contributed by atoms with Crippen molar-refractivity contribution in [1.82, 2.24) is 9.80 Å². The van der Waals surface area contributed by atoms with Crippen LogP contribution in [0.2, 0.25) is 0 Å². The molecule has 2 fully saturated rings. The van der Waals surface area contributed by atoms with E-state index in [2.05, 4.69) is 29.2 Å². The molecule has 7 heteroatoms. The monoisotopic (exact) mass is 488 g/mol. The summed E-state index contributed by atoms with van der Waals surface area (Å²) in [4.78, 5) is 17.3. The van der Waals surface area contributed by atoms with Gasteiger partial charge in [-0.05, 0) is 68.9 Å². The van der Waals surface area contributed by atoms with Crippen LogP contribution in [-0.2, 0) is 11.3 Å². The van der Waals surface area contributed by atoms with Crippen molar-refractivity contribution < 1.29 is 19.4 Å². The molecule has 2 saturated heterocycles. The molecule has 4 rings (SSSR count). The average Bonchev–Trinajstić information content (AvgIpc) is 2.80. The van der Waals surface area contributed by atoms with Gasteiger partial charge in [-0.1, -0.05) is 30.3 Å². The van der Waals surface area contributed by atoms with Crippen LogP contribution in [0.5, 0.6) is 5.75 Å². The lowest BCUT2D eigenvalue weighted by atomic mass is 9.82. The minimum atomic E-state index is -0.317. The summed E-state index contributed by atoms with van der Waals surface area (Å²) in [5.41, 5.74) is 2.56. The number of hydrogen-bond acceptors (Lipinski definition) is 5. The predicted molar refractivity (Wildman–Crippen MR) is 135 cm³/mol. The second kappa shape index (κ2) is 11.5. The van der Waals surface area contributed by atoms with E-state index in [1.165, 1.54) is 5.56 Å². The Balaban J connectivity index is 0.00000324. The SMILES string of the molecule is Cc1cc(C(=O)N2CCC3(CC(CO)CN(Cc4ccccc4)C3)OC2)ccc1OC(C)C.Cl. The fraction of sp³-hybridized carbons (Fsp3) is 0.519. The Kier molecular flexibility index (Phi) is 8.99. The molecule has 0 bridgehead atoms. The van der Waals surface area contributed by atoms with Gasteiger partial charge in [0.15, 0.2) is 0 Å². The number of nitrogens with zero attached hydrogens (tertiary/aromatic N) is 2. The maximum absolute atomic E-state index is 13.1. The predicted octanol–water partition coefficient (Wildman–Crippen LogP) is 4.28. The van der Waals surface area contributed by atoms with Crippen LogP contribution in [-0.4, -0.2) is 65.5 Å². The van der Waals surface area contributed by atoms with Gasteiger partial charge < -0.3 is 19.5 Å². The van der Waals surface area contributed by atoms with Gasteiger partial charge in [-0.15, -0.1) is 12.4 Å². The van der Waals surface area contributed by atoms with Crippen LogP contribution in [0.1, 0.15) is 48.2 Å². The van der Waals surface area contributed by atoms with E-state index in [4.69, 9.17) is 9.47 Å². The van der Waals surface area contributed by atoms with E-state index in [0.717, 1.165) is 43.8 Å². The third-order valence-electron chi connectivity index (χ3n) is 6.63. The van der Waals surface area contributed by atoms with E-state index in [0.29, 0.717) is 12.1 Å². The fourth-order valence-corrected chi connectivity index (χ4v) is 5.06. The van der Waals surface area contributed by atoms with E-state index in [9.17, 15) is 9.90 Å². The summed E-state index contributed by atoms with van der Waals surface area (Å²) in [6.45, 7) is 9.57. The number of benzene rings is 2. The first-order valence-corrected chi connectivity index (χ1v) is 12.0. The van der Waals surface area contributed by atoms with Gasteiger partial charge in [0.1, 0.15) is 12.5 Å². The van der Waals surface area contributed by atoms with Crippen molar-refractivity contribution in [1.29, 1.82) is 0 Å². The van der Waals surface area contributed by atoms with E-state index in [1.54, 1.807) is 4.90 Å². The summed E-state index contributed by atoms with van der Waals surface area (Å²) < 4.78 is 12.2. The molecule has 0 radical (unpaired) electrons.